The van der Waals surface area contributed by atoms with Gasteiger partial charge in [0.1, 0.15) is 24.0 Å². The Balaban J connectivity index is 2.32. The maximum Gasteiger partial charge on any atom is 0.148 e. The number of nitrogens with zero attached hydrogens (tertiary/aromatic N) is 2. The molecule has 0 bridgehead atoms. The SMILES string of the molecule is N#CC(C#N)=C(C=O)C1(Cc2ccc(Cl)cc2)CC1. The molecule has 1 aromatic carbocycles. The molecule has 3 nitrogen and oxygen atoms in total. The van der Waals surface area contributed by atoms with Gasteiger partial charge in [-0.05, 0) is 37.0 Å². The monoisotopic (exact) mass is 270 g/mol. The highest BCUT2D eigenvalue weighted by atomic mass is 35.5. The molecule has 0 unspecified atom stereocenters. The Morgan fingerprint density at radius 1 is 1.26 bits per heavy atom. The van der Waals surface area contributed by atoms with E-state index < -0.39 is 0 Å². The molecule has 0 heterocycles. The lowest BCUT2D eigenvalue weighted by Crippen LogP contribution is -2.12. The fourth-order valence-corrected chi connectivity index (χ4v) is 2.41. The summed E-state index contributed by atoms with van der Waals surface area (Å²) in [6.07, 6.45) is 2.98. The van der Waals surface area contributed by atoms with E-state index >= 15 is 0 Å². The van der Waals surface area contributed by atoms with Crippen LogP contribution in [0.5, 0.6) is 0 Å². The molecule has 0 saturated heterocycles. The third-order valence-electron chi connectivity index (χ3n) is 3.49. The van der Waals surface area contributed by atoms with Crippen LogP contribution in [0.3, 0.4) is 0 Å². The molecule has 1 aliphatic carbocycles. The largest absolute Gasteiger partial charge is 0.298 e. The molecular formula is C15H11ClN2O. The van der Waals surface area contributed by atoms with Crippen LogP contribution in [-0.2, 0) is 11.2 Å². The topological polar surface area (TPSA) is 64.7 Å². The zero-order valence-electron chi connectivity index (χ0n) is 10.2. The van der Waals surface area contributed by atoms with Gasteiger partial charge in [0.05, 0.1) is 0 Å². The van der Waals surface area contributed by atoms with E-state index in [0.29, 0.717) is 23.3 Å². The van der Waals surface area contributed by atoms with Crippen LogP contribution in [0.15, 0.2) is 35.4 Å². The van der Waals surface area contributed by atoms with Crippen LogP contribution >= 0.6 is 11.6 Å². The third kappa shape index (κ3) is 2.67. The first-order chi connectivity index (χ1) is 9.15. The van der Waals surface area contributed by atoms with Crippen molar-refractivity contribution in [3.63, 3.8) is 0 Å². The van der Waals surface area contributed by atoms with Crippen molar-refractivity contribution >= 4 is 17.9 Å². The highest BCUT2D eigenvalue weighted by molar-refractivity contribution is 6.30. The number of hydrogen-bond donors (Lipinski definition) is 0. The molecule has 1 aliphatic rings. The van der Waals surface area contributed by atoms with Crippen molar-refractivity contribution in [2.45, 2.75) is 19.3 Å². The average Bonchev–Trinajstić information content (AvgIpc) is 3.19. The van der Waals surface area contributed by atoms with Gasteiger partial charge in [0, 0.05) is 16.0 Å². The predicted octanol–water partition coefficient (Wildman–Crippen LogP) is 3.21. The quantitative estimate of drug-likeness (QED) is 0.479. The summed E-state index contributed by atoms with van der Waals surface area (Å²) in [5, 5.41) is 18.5. The van der Waals surface area contributed by atoms with E-state index in [4.69, 9.17) is 22.1 Å². The predicted molar refractivity (Wildman–Crippen MR) is 71.1 cm³/mol. The normalized spacial score (nSPS) is 14.9. The minimum Gasteiger partial charge on any atom is -0.298 e. The zero-order chi connectivity index (χ0) is 13.9. The maximum absolute atomic E-state index is 11.2. The van der Waals surface area contributed by atoms with Crippen LogP contribution in [0.1, 0.15) is 18.4 Å². The summed E-state index contributed by atoms with van der Waals surface area (Å²) in [4.78, 5) is 11.2. The molecule has 0 amide bonds. The highest BCUT2D eigenvalue weighted by Gasteiger charge is 2.47. The summed E-state index contributed by atoms with van der Waals surface area (Å²) in [7, 11) is 0. The lowest BCUT2D eigenvalue weighted by Gasteiger charge is -2.15. The van der Waals surface area contributed by atoms with E-state index in [9.17, 15) is 4.79 Å². The third-order valence-corrected chi connectivity index (χ3v) is 3.74. The van der Waals surface area contributed by atoms with E-state index in [1.807, 2.05) is 24.3 Å². The molecule has 94 valence electrons. The molecule has 2 rings (SSSR count). The van der Waals surface area contributed by atoms with E-state index in [-0.39, 0.29) is 11.0 Å². The van der Waals surface area contributed by atoms with Gasteiger partial charge < -0.3 is 0 Å². The van der Waals surface area contributed by atoms with Gasteiger partial charge in [-0.15, -0.1) is 0 Å². The molecule has 0 spiro atoms. The number of carbonyl (C=O) groups is 1. The number of aldehydes is 1. The fourth-order valence-electron chi connectivity index (χ4n) is 2.28. The number of benzene rings is 1. The summed E-state index contributed by atoms with van der Waals surface area (Å²) in [5.74, 6) is 0. The Morgan fingerprint density at radius 3 is 2.26 bits per heavy atom. The van der Waals surface area contributed by atoms with Crippen LogP contribution in [-0.4, -0.2) is 6.29 Å². The molecule has 0 aromatic heterocycles. The zero-order valence-corrected chi connectivity index (χ0v) is 10.9. The fraction of sp³-hybridized carbons (Fsp3) is 0.267. The van der Waals surface area contributed by atoms with Crippen LogP contribution in [0, 0.1) is 28.1 Å². The molecule has 1 saturated carbocycles. The van der Waals surface area contributed by atoms with E-state index in [0.717, 1.165) is 18.4 Å². The van der Waals surface area contributed by atoms with Crippen LogP contribution in [0.4, 0.5) is 0 Å². The van der Waals surface area contributed by atoms with Gasteiger partial charge in [0.2, 0.25) is 0 Å². The van der Waals surface area contributed by atoms with Crippen LogP contribution < -0.4 is 0 Å². The molecule has 1 fully saturated rings. The number of nitriles is 2. The number of allylic oxidation sites excluding steroid dienone is 2. The lowest BCUT2D eigenvalue weighted by atomic mass is 9.86. The van der Waals surface area contributed by atoms with Gasteiger partial charge in [0.25, 0.3) is 0 Å². The summed E-state index contributed by atoms with van der Waals surface area (Å²) in [5.41, 5.74) is 0.988. The van der Waals surface area contributed by atoms with E-state index in [1.54, 1.807) is 12.1 Å². The minimum atomic E-state index is -0.337. The van der Waals surface area contributed by atoms with Crippen molar-refractivity contribution < 1.29 is 4.79 Å². The van der Waals surface area contributed by atoms with Gasteiger partial charge in [-0.3, -0.25) is 4.79 Å². The number of hydrogen-bond acceptors (Lipinski definition) is 3. The number of carbonyl (C=O) groups excluding carboxylic acids is 1. The summed E-state index contributed by atoms with van der Waals surface area (Å²) in [6.45, 7) is 0. The first-order valence-corrected chi connectivity index (χ1v) is 6.27. The molecule has 19 heavy (non-hydrogen) atoms. The molecule has 0 radical (unpaired) electrons. The smallest absolute Gasteiger partial charge is 0.148 e. The van der Waals surface area contributed by atoms with Gasteiger partial charge in [-0.1, -0.05) is 23.7 Å². The summed E-state index contributed by atoms with van der Waals surface area (Å²) >= 11 is 5.83. The number of rotatable bonds is 4. The Hall–Kier alpha value is -2.10. The molecular weight excluding hydrogens is 260 g/mol. The second-order valence-corrected chi connectivity index (χ2v) is 5.15. The minimum absolute atomic E-state index is 0.0681. The van der Waals surface area contributed by atoms with Crippen LogP contribution in [0.25, 0.3) is 0 Å². The second kappa shape index (κ2) is 5.26. The van der Waals surface area contributed by atoms with Gasteiger partial charge in [-0.25, -0.2) is 0 Å². The van der Waals surface area contributed by atoms with Crippen LogP contribution in [0.2, 0.25) is 5.02 Å². The second-order valence-electron chi connectivity index (χ2n) is 4.71. The van der Waals surface area contributed by atoms with Crippen molar-refractivity contribution in [3.8, 4) is 12.1 Å². The first kappa shape index (κ1) is 13.3. The Labute approximate surface area is 116 Å². The number of halogens is 1. The van der Waals surface area contributed by atoms with Gasteiger partial charge in [0.15, 0.2) is 0 Å². The Morgan fingerprint density at radius 2 is 1.84 bits per heavy atom. The molecule has 0 atom stereocenters. The molecule has 1 aromatic rings. The summed E-state index contributed by atoms with van der Waals surface area (Å²) in [6, 6.07) is 11.0. The first-order valence-electron chi connectivity index (χ1n) is 5.90. The average molecular weight is 271 g/mol. The van der Waals surface area contributed by atoms with E-state index in [2.05, 4.69) is 0 Å². The van der Waals surface area contributed by atoms with Crippen molar-refractivity contribution in [3.05, 3.63) is 46.0 Å². The Kier molecular flexibility index (Phi) is 3.69. The van der Waals surface area contributed by atoms with E-state index in [1.165, 1.54) is 0 Å². The molecule has 0 N–H and O–H groups in total. The summed E-state index contributed by atoms with van der Waals surface area (Å²) < 4.78 is 0. The maximum atomic E-state index is 11.2. The van der Waals surface area contributed by atoms with Gasteiger partial charge >= 0.3 is 0 Å². The van der Waals surface area contributed by atoms with Crippen molar-refractivity contribution in [1.29, 1.82) is 10.5 Å². The highest BCUT2D eigenvalue weighted by Crippen LogP contribution is 2.54. The van der Waals surface area contributed by atoms with Crippen molar-refractivity contribution in [2.75, 3.05) is 0 Å². The van der Waals surface area contributed by atoms with Crippen molar-refractivity contribution in [1.82, 2.24) is 0 Å². The standard InChI is InChI=1S/C15H11ClN2O/c16-13-3-1-11(2-4-13)7-15(5-6-15)14(10-19)12(8-17)9-18/h1-4,10H,5-7H2. The van der Waals surface area contributed by atoms with Crippen molar-refractivity contribution in [2.24, 2.45) is 5.41 Å². The van der Waals surface area contributed by atoms with Gasteiger partial charge in [-0.2, -0.15) is 10.5 Å². The lowest BCUT2D eigenvalue weighted by molar-refractivity contribution is -0.105. The molecule has 4 heteroatoms. The molecule has 0 aliphatic heterocycles. The Bertz CT molecular complexity index is 597.